The van der Waals surface area contributed by atoms with Crippen LogP contribution < -0.4 is 5.32 Å². The molecule has 0 aliphatic rings. The summed E-state index contributed by atoms with van der Waals surface area (Å²) in [6, 6.07) is 14.2. The number of nitrogens with one attached hydrogen (secondary N) is 1. The lowest BCUT2D eigenvalue weighted by Gasteiger charge is -2.05. The number of carbonyl (C=O) groups excluding carboxylic acids is 1. The molecule has 2 aromatic carbocycles. The highest BCUT2D eigenvalue weighted by atomic mass is 35.5. The molecule has 0 fully saturated rings. The van der Waals surface area contributed by atoms with Crippen LogP contribution in [0.4, 0.5) is 5.69 Å². The maximum absolute atomic E-state index is 11.9. The first-order chi connectivity index (χ1) is 8.69. The molecule has 0 saturated heterocycles. The molecule has 90 valence electrons. The summed E-state index contributed by atoms with van der Waals surface area (Å²) in [5, 5.41) is 3.44. The molecule has 0 atom stereocenters. The highest BCUT2D eigenvalue weighted by molar-refractivity contribution is 6.30. The smallest absolute Gasteiger partial charge is 0.255 e. The number of carbonyl (C=O) groups is 1. The van der Waals surface area contributed by atoms with Crippen molar-refractivity contribution in [2.75, 3.05) is 5.32 Å². The van der Waals surface area contributed by atoms with Gasteiger partial charge >= 0.3 is 0 Å². The molecule has 2 aromatic rings. The highest BCUT2D eigenvalue weighted by Gasteiger charge is 2.05. The van der Waals surface area contributed by atoms with Gasteiger partial charge in [0.15, 0.2) is 0 Å². The van der Waals surface area contributed by atoms with Gasteiger partial charge in [-0.25, -0.2) is 0 Å². The van der Waals surface area contributed by atoms with Gasteiger partial charge < -0.3 is 5.32 Å². The molecule has 0 bridgehead atoms. The molecule has 3 heteroatoms. The fourth-order valence-electron chi connectivity index (χ4n) is 1.51. The van der Waals surface area contributed by atoms with E-state index in [1.165, 1.54) is 0 Å². The largest absolute Gasteiger partial charge is 0.322 e. The predicted octanol–water partition coefficient (Wildman–Crippen LogP) is 4.24. The average molecular weight is 258 g/mol. The highest BCUT2D eigenvalue weighted by Crippen LogP contribution is 2.14. The van der Waals surface area contributed by atoms with Crippen molar-refractivity contribution in [2.45, 2.75) is 0 Å². The van der Waals surface area contributed by atoms with E-state index < -0.39 is 0 Å². The van der Waals surface area contributed by atoms with Crippen LogP contribution in [0.3, 0.4) is 0 Å². The van der Waals surface area contributed by atoms with Crippen molar-refractivity contribution in [3.8, 4) is 0 Å². The van der Waals surface area contributed by atoms with E-state index in [4.69, 9.17) is 11.6 Å². The topological polar surface area (TPSA) is 29.1 Å². The van der Waals surface area contributed by atoms with Crippen molar-refractivity contribution >= 4 is 29.3 Å². The average Bonchev–Trinajstić information content (AvgIpc) is 2.41. The van der Waals surface area contributed by atoms with Crippen molar-refractivity contribution in [3.05, 3.63) is 71.3 Å². The van der Waals surface area contributed by atoms with Crippen molar-refractivity contribution < 1.29 is 4.79 Å². The van der Waals surface area contributed by atoms with E-state index in [9.17, 15) is 4.79 Å². The number of benzene rings is 2. The molecular weight excluding hydrogens is 246 g/mol. The Morgan fingerprint density at radius 2 is 1.67 bits per heavy atom. The standard InChI is InChI=1S/C15H12ClNO/c1-2-11-3-5-12(6-4-11)15(18)17-14-9-7-13(16)8-10-14/h2-10H,1H2,(H,17,18). The van der Waals surface area contributed by atoms with Gasteiger partial charge in [-0.15, -0.1) is 0 Å². The van der Waals surface area contributed by atoms with E-state index in [1.54, 1.807) is 42.5 Å². The van der Waals surface area contributed by atoms with Crippen LogP contribution in [0.15, 0.2) is 55.1 Å². The summed E-state index contributed by atoms with van der Waals surface area (Å²) < 4.78 is 0. The van der Waals surface area contributed by atoms with Crippen LogP contribution >= 0.6 is 11.6 Å². The molecule has 1 amide bonds. The lowest BCUT2D eigenvalue weighted by molar-refractivity contribution is 0.102. The second kappa shape index (κ2) is 5.52. The Morgan fingerprint density at radius 1 is 1.06 bits per heavy atom. The molecule has 0 aliphatic heterocycles. The van der Waals surface area contributed by atoms with E-state index in [0.717, 1.165) is 11.3 Å². The first kappa shape index (κ1) is 12.4. The quantitative estimate of drug-likeness (QED) is 0.876. The molecular formula is C15H12ClNO. The Kier molecular flexibility index (Phi) is 3.80. The van der Waals surface area contributed by atoms with Crippen LogP contribution in [-0.2, 0) is 0 Å². The van der Waals surface area contributed by atoms with Crippen molar-refractivity contribution in [1.82, 2.24) is 0 Å². The number of anilines is 1. The summed E-state index contributed by atoms with van der Waals surface area (Å²) in [6.45, 7) is 3.67. The third-order valence-corrected chi connectivity index (χ3v) is 2.76. The van der Waals surface area contributed by atoms with Crippen LogP contribution in [0.25, 0.3) is 6.08 Å². The first-order valence-electron chi connectivity index (χ1n) is 5.48. The third-order valence-electron chi connectivity index (χ3n) is 2.51. The van der Waals surface area contributed by atoms with E-state index >= 15 is 0 Å². The van der Waals surface area contributed by atoms with Gasteiger partial charge in [-0.1, -0.05) is 36.4 Å². The summed E-state index contributed by atoms with van der Waals surface area (Å²) in [5.74, 6) is -0.145. The van der Waals surface area contributed by atoms with E-state index in [-0.39, 0.29) is 5.91 Å². The van der Waals surface area contributed by atoms with Crippen LogP contribution in [0.5, 0.6) is 0 Å². The second-order valence-electron chi connectivity index (χ2n) is 3.79. The van der Waals surface area contributed by atoms with Gasteiger partial charge in [-0.2, -0.15) is 0 Å². The first-order valence-corrected chi connectivity index (χ1v) is 5.86. The number of amides is 1. The fourth-order valence-corrected chi connectivity index (χ4v) is 1.63. The Morgan fingerprint density at radius 3 is 2.22 bits per heavy atom. The molecule has 0 aromatic heterocycles. The molecule has 18 heavy (non-hydrogen) atoms. The molecule has 0 spiro atoms. The number of hydrogen-bond donors (Lipinski definition) is 1. The normalized spacial score (nSPS) is 9.83. The second-order valence-corrected chi connectivity index (χ2v) is 4.22. The van der Waals surface area contributed by atoms with Gasteiger partial charge in [0.1, 0.15) is 0 Å². The van der Waals surface area contributed by atoms with Gasteiger partial charge in [0.25, 0.3) is 5.91 Å². The van der Waals surface area contributed by atoms with Gasteiger partial charge in [-0.05, 0) is 42.0 Å². The summed E-state index contributed by atoms with van der Waals surface area (Å²) in [4.78, 5) is 11.9. The minimum absolute atomic E-state index is 0.145. The predicted molar refractivity (Wildman–Crippen MR) is 75.9 cm³/mol. The number of rotatable bonds is 3. The van der Waals surface area contributed by atoms with Crippen molar-refractivity contribution in [1.29, 1.82) is 0 Å². The molecule has 0 unspecified atom stereocenters. The Hall–Kier alpha value is -2.06. The minimum Gasteiger partial charge on any atom is -0.322 e. The van der Waals surface area contributed by atoms with Crippen LogP contribution in [0.1, 0.15) is 15.9 Å². The SMILES string of the molecule is C=Cc1ccc(C(=O)Nc2ccc(Cl)cc2)cc1. The zero-order valence-electron chi connectivity index (χ0n) is 9.69. The Bertz CT molecular complexity index is 558. The molecule has 2 nitrogen and oxygen atoms in total. The maximum Gasteiger partial charge on any atom is 0.255 e. The van der Waals surface area contributed by atoms with E-state index in [1.807, 2.05) is 12.1 Å². The third kappa shape index (κ3) is 2.99. The molecule has 2 rings (SSSR count). The number of hydrogen-bond acceptors (Lipinski definition) is 1. The molecule has 1 N–H and O–H groups in total. The van der Waals surface area contributed by atoms with Crippen molar-refractivity contribution in [3.63, 3.8) is 0 Å². The zero-order chi connectivity index (χ0) is 13.0. The zero-order valence-corrected chi connectivity index (χ0v) is 10.4. The van der Waals surface area contributed by atoms with Crippen LogP contribution in [0, 0.1) is 0 Å². The Balaban J connectivity index is 2.11. The molecule has 0 radical (unpaired) electrons. The summed E-state index contributed by atoms with van der Waals surface area (Å²) in [6.07, 6.45) is 1.74. The lowest BCUT2D eigenvalue weighted by atomic mass is 10.1. The minimum atomic E-state index is -0.145. The Labute approximate surface area is 111 Å². The summed E-state index contributed by atoms with van der Waals surface area (Å²) in [5.41, 5.74) is 2.31. The van der Waals surface area contributed by atoms with E-state index in [2.05, 4.69) is 11.9 Å². The van der Waals surface area contributed by atoms with Crippen LogP contribution in [-0.4, -0.2) is 5.91 Å². The maximum atomic E-state index is 11.9. The van der Waals surface area contributed by atoms with Crippen molar-refractivity contribution in [2.24, 2.45) is 0 Å². The van der Waals surface area contributed by atoms with E-state index in [0.29, 0.717) is 10.6 Å². The van der Waals surface area contributed by atoms with Crippen LogP contribution in [0.2, 0.25) is 5.02 Å². The summed E-state index contributed by atoms with van der Waals surface area (Å²) >= 11 is 5.78. The molecule has 0 saturated carbocycles. The fraction of sp³-hybridized carbons (Fsp3) is 0. The summed E-state index contributed by atoms with van der Waals surface area (Å²) in [7, 11) is 0. The number of halogens is 1. The van der Waals surface area contributed by atoms with Gasteiger partial charge in [0.2, 0.25) is 0 Å². The molecule has 0 heterocycles. The molecule has 0 aliphatic carbocycles. The lowest BCUT2D eigenvalue weighted by Crippen LogP contribution is -2.11. The van der Waals surface area contributed by atoms with Gasteiger partial charge in [0.05, 0.1) is 0 Å². The van der Waals surface area contributed by atoms with Gasteiger partial charge in [0, 0.05) is 16.3 Å². The van der Waals surface area contributed by atoms with Gasteiger partial charge in [-0.3, -0.25) is 4.79 Å². The monoisotopic (exact) mass is 257 g/mol.